The molecule has 1 aromatic rings. The molecule has 0 aliphatic rings. The van der Waals surface area contributed by atoms with Crippen LogP contribution >= 0.6 is 11.8 Å². The maximum Gasteiger partial charge on any atom is 0.319 e. The number of amides is 2. The molecule has 0 atom stereocenters. The van der Waals surface area contributed by atoms with Crippen molar-refractivity contribution in [2.24, 2.45) is 0 Å². The van der Waals surface area contributed by atoms with E-state index in [0.29, 0.717) is 17.1 Å². The Bertz CT molecular complexity index is 412. The molecular formula is C12H18FN3OS. The molecule has 0 saturated heterocycles. The number of hydrogen-bond acceptors (Lipinski definition) is 3. The lowest BCUT2D eigenvalue weighted by Gasteiger charge is -2.11. The lowest BCUT2D eigenvalue weighted by Crippen LogP contribution is -2.34. The Kier molecular flexibility index (Phi) is 5.94. The molecule has 0 fully saturated rings. The fraction of sp³-hybridized carbons (Fsp3) is 0.417. The van der Waals surface area contributed by atoms with E-state index in [0.717, 1.165) is 6.54 Å². The zero-order valence-electron chi connectivity index (χ0n) is 10.8. The Morgan fingerprint density at radius 3 is 2.72 bits per heavy atom. The number of hydrogen-bond donors (Lipinski definition) is 2. The number of likely N-dealkylation sites (N-methyl/N-ethyl adjacent to an activating group) is 1. The summed E-state index contributed by atoms with van der Waals surface area (Å²) in [6, 6.07) is 4.32. The van der Waals surface area contributed by atoms with Crippen LogP contribution in [0.4, 0.5) is 14.9 Å². The van der Waals surface area contributed by atoms with Gasteiger partial charge < -0.3 is 15.5 Å². The second kappa shape index (κ2) is 7.23. The summed E-state index contributed by atoms with van der Waals surface area (Å²) in [4.78, 5) is 14.0. The van der Waals surface area contributed by atoms with Crippen LogP contribution in [0.3, 0.4) is 0 Å². The Morgan fingerprint density at radius 1 is 1.44 bits per heavy atom. The molecule has 2 N–H and O–H groups in total. The molecule has 0 heterocycles. The minimum absolute atomic E-state index is 0.325. The molecule has 6 heteroatoms. The first kappa shape index (κ1) is 14.8. The molecule has 0 unspecified atom stereocenters. The van der Waals surface area contributed by atoms with Gasteiger partial charge in [0.15, 0.2) is 0 Å². The third kappa shape index (κ3) is 4.93. The second-order valence-electron chi connectivity index (χ2n) is 4.03. The highest BCUT2D eigenvalue weighted by molar-refractivity contribution is 7.98. The minimum atomic E-state index is -0.326. The largest absolute Gasteiger partial charge is 0.337 e. The van der Waals surface area contributed by atoms with Crippen molar-refractivity contribution in [3.8, 4) is 0 Å². The number of carbonyl (C=O) groups is 1. The average Bonchev–Trinajstić information content (AvgIpc) is 2.28. The molecule has 4 nitrogen and oxygen atoms in total. The summed E-state index contributed by atoms with van der Waals surface area (Å²) in [5, 5.41) is 5.28. The first-order valence-corrected chi connectivity index (χ1v) is 6.78. The van der Waals surface area contributed by atoms with E-state index in [1.807, 2.05) is 19.0 Å². The van der Waals surface area contributed by atoms with Crippen LogP contribution in [0.15, 0.2) is 23.1 Å². The van der Waals surface area contributed by atoms with Gasteiger partial charge in [0.1, 0.15) is 5.82 Å². The van der Waals surface area contributed by atoms with Crippen LogP contribution in [0.1, 0.15) is 0 Å². The van der Waals surface area contributed by atoms with Gasteiger partial charge in [-0.05, 0) is 38.6 Å². The van der Waals surface area contributed by atoms with Gasteiger partial charge >= 0.3 is 6.03 Å². The minimum Gasteiger partial charge on any atom is -0.337 e. The molecule has 0 saturated carbocycles. The van der Waals surface area contributed by atoms with Crippen molar-refractivity contribution >= 4 is 23.5 Å². The van der Waals surface area contributed by atoms with E-state index >= 15 is 0 Å². The van der Waals surface area contributed by atoms with Crippen LogP contribution in [0, 0.1) is 5.82 Å². The summed E-state index contributed by atoms with van der Waals surface area (Å²) in [7, 11) is 3.85. The van der Waals surface area contributed by atoms with Crippen LogP contribution in [-0.2, 0) is 0 Å². The van der Waals surface area contributed by atoms with Crippen LogP contribution in [0.25, 0.3) is 0 Å². The lowest BCUT2D eigenvalue weighted by molar-refractivity contribution is 0.250. The normalized spacial score (nSPS) is 10.5. The molecule has 0 spiro atoms. The molecule has 0 bridgehead atoms. The van der Waals surface area contributed by atoms with E-state index in [4.69, 9.17) is 0 Å². The Labute approximate surface area is 111 Å². The van der Waals surface area contributed by atoms with Crippen LogP contribution in [-0.4, -0.2) is 44.4 Å². The van der Waals surface area contributed by atoms with E-state index < -0.39 is 0 Å². The summed E-state index contributed by atoms with van der Waals surface area (Å²) in [5.41, 5.74) is 0.452. The van der Waals surface area contributed by atoms with Gasteiger partial charge in [-0.3, -0.25) is 0 Å². The average molecular weight is 271 g/mol. The molecule has 0 aliphatic carbocycles. The molecule has 100 valence electrons. The number of benzene rings is 1. The van der Waals surface area contributed by atoms with Crippen molar-refractivity contribution < 1.29 is 9.18 Å². The third-order valence-electron chi connectivity index (χ3n) is 2.25. The first-order chi connectivity index (χ1) is 8.52. The number of urea groups is 1. The predicted octanol–water partition coefficient (Wildman–Crippen LogP) is 2.23. The van der Waals surface area contributed by atoms with E-state index in [9.17, 15) is 9.18 Å². The molecule has 2 amide bonds. The summed E-state index contributed by atoms with van der Waals surface area (Å²) in [6.45, 7) is 1.30. The topological polar surface area (TPSA) is 44.4 Å². The van der Waals surface area contributed by atoms with Crippen molar-refractivity contribution in [3.63, 3.8) is 0 Å². The van der Waals surface area contributed by atoms with E-state index in [1.165, 1.54) is 17.8 Å². The highest BCUT2D eigenvalue weighted by Gasteiger charge is 2.05. The van der Waals surface area contributed by atoms with Gasteiger partial charge in [0.05, 0.1) is 0 Å². The van der Waals surface area contributed by atoms with Gasteiger partial charge in [-0.25, -0.2) is 9.18 Å². The van der Waals surface area contributed by atoms with E-state index in [-0.39, 0.29) is 11.8 Å². The number of anilines is 1. The van der Waals surface area contributed by atoms with Gasteiger partial charge in [0.25, 0.3) is 0 Å². The van der Waals surface area contributed by atoms with Gasteiger partial charge in [-0.15, -0.1) is 11.8 Å². The molecule has 1 rings (SSSR count). The van der Waals surface area contributed by atoms with Crippen LogP contribution in [0.5, 0.6) is 0 Å². The van der Waals surface area contributed by atoms with Gasteiger partial charge in [-0.1, -0.05) is 0 Å². The predicted molar refractivity (Wildman–Crippen MR) is 73.8 cm³/mol. The molecule has 0 aromatic heterocycles. The van der Waals surface area contributed by atoms with Crippen molar-refractivity contribution in [2.75, 3.05) is 38.8 Å². The van der Waals surface area contributed by atoms with E-state index in [2.05, 4.69) is 10.6 Å². The monoisotopic (exact) mass is 271 g/mol. The van der Waals surface area contributed by atoms with Crippen molar-refractivity contribution in [1.82, 2.24) is 10.2 Å². The number of thioether (sulfide) groups is 1. The highest BCUT2D eigenvalue weighted by atomic mass is 32.2. The number of nitrogens with zero attached hydrogens (tertiary/aromatic N) is 1. The third-order valence-corrected chi connectivity index (χ3v) is 3.03. The number of rotatable bonds is 5. The number of nitrogens with one attached hydrogen (secondary N) is 2. The summed E-state index contributed by atoms with van der Waals surface area (Å²) >= 11 is 1.33. The molecule has 18 heavy (non-hydrogen) atoms. The summed E-state index contributed by atoms with van der Waals surface area (Å²) in [5.74, 6) is -0.325. The highest BCUT2D eigenvalue weighted by Crippen LogP contribution is 2.22. The zero-order valence-corrected chi connectivity index (χ0v) is 11.6. The van der Waals surface area contributed by atoms with Crippen molar-refractivity contribution in [3.05, 3.63) is 24.0 Å². The lowest BCUT2D eigenvalue weighted by atomic mass is 10.3. The fourth-order valence-corrected chi connectivity index (χ4v) is 1.77. The number of carbonyl (C=O) groups excluding carboxylic acids is 1. The molecular weight excluding hydrogens is 253 g/mol. The summed E-state index contributed by atoms with van der Waals surface area (Å²) in [6.07, 6.45) is 1.81. The molecule has 0 radical (unpaired) electrons. The molecule has 0 aliphatic heterocycles. The second-order valence-corrected chi connectivity index (χ2v) is 4.88. The smallest absolute Gasteiger partial charge is 0.319 e. The van der Waals surface area contributed by atoms with Crippen molar-refractivity contribution in [2.45, 2.75) is 4.90 Å². The Balaban J connectivity index is 2.47. The maximum atomic E-state index is 13.5. The SMILES string of the molecule is CSc1ccc(NC(=O)NCCN(C)C)cc1F. The zero-order chi connectivity index (χ0) is 13.5. The van der Waals surface area contributed by atoms with Gasteiger partial charge in [0, 0.05) is 23.7 Å². The maximum absolute atomic E-state index is 13.5. The van der Waals surface area contributed by atoms with Crippen LogP contribution in [0.2, 0.25) is 0 Å². The molecule has 1 aromatic carbocycles. The van der Waals surface area contributed by atoms with Crippen LogP contribution < -0.4 is 10.6 Å². The standard InChI is InChI=1S/C12H18FN3OS/c1-16(2)7-6-14-12(17)15-9-4-5-11(18-3)10(13)8-9/h4-5,8H,6-7H2,1-3H3,(H2,14,15,17). The fourth-order valence-electron chi connectivity index (χ4n) is 1.31. The van der Waals surface area contributed by atoms with Gasteiger partial charge in [-0.2, -0.15) is 0 Å². The van der Waals surface area contributed by atoms with Gasteiger partial charge in [0.2, 0.25) is 0 Å². The summed E-state index contributed by atoms with van der Waals surface area (Å²) < 4.78 is 13.5. The first-order valence-electron chi connectivity index (χ1n) is 5.56. The van der Waals surface area contributed by atoms with Crippen molar-refractivity contribution in [1.29, 1.82) is 0 Å². The van der Waals surface area contributed by atoms with E-state index in [1.54, 1.807) is 18.4 Å². The quantitative estimate of drug-likeness (QED) is 0.807. The Morgan fingerprint density at radius 2 is 2.17 bits per heavy atom. The number of halogens is 1. The Hall–Kier alpha value is -1.27.